The summed E-state index contributed by atoms with van der Waals surface area (Å²) in [6, 6.07) is -0.171. The molecule has 2 unspecified atom stereocenters. The van der Waals surface area contributed by atoms with E-state index in [1.165, 1.54) is 6.92 Å². The third-order valence-electron chi connectivity index (χ3n) is 11.1. The lowest BCUT2D eigenvalue weighted by atomic mass is 9.43. The summed E-state index contributed by atoms with van der Waals surface area (Å²) in [5, 5.41) is 37.2. The minimum Gasteiger partial charge on any atom is -0.633 e. The van der Waals surface area contributed by atoms with Gasteiger partial charge in [0.25, 0.3) is 0 Å². The Hall–Kier alpha value is -0.950. The SMILES string of the molecule is C=C1[C@H]2C[C@@]3([C@@H]1OC(C)=O)[C@@H](C[C@@H]2O)[C@@]12C4[C@@H]3C[C@@H]1[C@@](C)(CC[C@@H]2O)C[N+]4([O-])CC. The summed E-state index contributed by atoms with van der Waals surface area (Å²) < 4.78 is 5.70. The van der Waals surface area contributed by atoms with Gasteiger partial charge in [-0.15, -0.1) is 0 Å². The molecule has 30 heavy (non-hydrogen) atoms. The van der Waals surface area contributed by atoms with E-state index in [4.69, 9.17) is 4.74 Å². The van der Waals surface area contributed by atoms with Crippen LogP contribution in [-0.2, 0) is 9.53 Å². The van der Waals surface area contributed by atoms with Crippen molar-refractivity contribution in [3.63, 3.8) is 0 Å². The van der Waals surface area contributed by atoms with Gasteiger partial charge in [-0.1, -0.05) is 13.5 Å². The molecule has 166 valence electrons. The first-order chi connectivity index (χ1) is 14.1. The van der Waals surface area contributed by atoms with Gasteiger partial charge in [-0.25, -0.2) is 0 Å². The fraction of sp³-hybridized carbons (Fsp3) is 0.875. The topological polar surface area (TPSA) is 89.8 Å². The monoisotopic (exact) mass is 417 g/mol. The van der Waals surface area contributed by atoms with Gasteiger partial charge in [0.2, 0.25) is 0 Å². The van der Waals surface area contributed by atoms with Crippen molar-refractivity contribution in [1.82, 2.24) is 0 Å². The van der Waals surface area contributed by atoms with E-state index in [9.17, 15) is 20.2 Å². The molecule has 6 rings (SSSR count). The lowest BCUT2D eigenvalue weighted by Crippen LogP contribution is -2.73. The molecule has 0 aromatic heterocycles. The van der Waals surface area contributed by atoms with Crippen LogP contribution in [0.1, 0.15) is 52.9 Å². The number of ether oxygens (including phenoxy) is 1. The Morgan fingerprint density at radius 3 is 2.73 bits per heavy atom. The maximum Gasteiger partial charge on any atom is 0.303 e. The van der Waals surface area contributed by atoms with E-state index in [2.05, 4.69) is 13.5 Å². The Bertz CT molecular complexity index is 845. The Balaban J connectivity index is 1.61. The number of likely N-dealkylation sites (tertiary alicyclic amines) is 1. The standard InChI is InChI=1S/C24H35NO5/c1-5-25(29)11-22(4)7-6-19(28)24-17(22)8-15(20(24)25)23-10-14(16(27)9-18(23)24)12(2)21(23)30-13(3)26/h14-21,27-28H,2,5-11H2,1,3-4H3/t14-,15+,16+,17-,18-,19+,20?,21-,22+,23+,24+,25?/m1/s1. The fourth-order valence-electron chi connectivity index (χ4n) is 10.6. The number of hydrogen-bond acceptors (Lipinski definition) is 5. The third-order valence-corrected chi connectivity index (χ3v) is 11.1. The van der Waals surface area contributed by atoms with Gasteiger partial charge in [0.15, 0.2) is 0 Å². The molecule has 6 nitrogen and oxygen atoms in total. The van der Waals surface area contributed by atoms with Gasteiger partial charge < -0.3 is 24.8 Å². The summed E-state index contributed by atoms with van der Waals surface area (Å²) in [4.78, 5) is 12.1. The van der Waals surface area contributed by atoms with Crippen LogP contribution in [0.3, 0.4) is 0 Å². The van der Waals surface area contributed by atoms with Crippen molar-refractivity contribution in [3.05, 3.63) is 17.4 Å². The molecule has 0 radical (unpaired) electrons. The molecule has 0 aromatic rings. The smallest absolute Gasteiger partial charge is 0.303 e. The number of piperidine rings is 1. The minimum atomic E-state index is -0.541. The van der Waals surface area contributed by atoms with Crippen molar-refractivity contribution in [2.24, 2.45) is 39.9 Å². The molecule has 7 bridgehead atoms. The van der Waals surface area contributed by atoms with Crippen LogP contribution in [0.4, 0.5) is 0 Å². The average molecular weight is 418 g/mol. The molecule has 6 heteroatoms. The van der Waals surface area contributed by atoms with Crippen LogP contribution in [0.2, 0.25) is 0 Å². The number of rotatable bonds is 2. The largest absolute Gasteiger partial charge is 0.633 e. The summed E-state index contributed by atoms with van der Waals surface area (Å²) in [6.07, 6.45) is 2.37. The first-order valence-electron chi connectivity index (χ1n) is 11.9. The molecule has 1 heterocycles. The normalized spacial score (nSPS) is 62.4. The second-order valence-corrected chi connectivity index (χ2v) is 11.8. The van der Waals surface area contributed by atoms with Crippen molar-refractivity contribution in [3.8, 4) is 0 Å². The van der Waals surface area contributed by atoms with E-state index in [-0.39, 0.29) is 45.2 Å². The molecule has 0 amide bonds. The van der Waals surface area contributed by atoms with Crippen LogP contribution in [0.25, 0.3) is 0 Å². The first-order valence-corrected chi connectivity index (χ1v) is 11.9. The Labute approximate surface area is 178 Å². The minimum absolute atomic E-state index is 0.00141. The molecule has 1 saturated heterocycles. The predicted octanol–water partition coefficient (Wildman–Crippen LogP) is 2.38. The zero-order valence-corrected chi connectivity index (χ0v) is 18.3. The first kappa shape index (κ1) is 19.7. The summed E-state index contributed by atoms with van der Waals surface area (Å²) in [6.45, 7) is 11.1. The van der Waals surface area contributed by atoms with Crippen molar-refractivity contribution in [1.29, 1.82) is 0 Å². The zero-order chi connectivity index (χ0) is 21.4. The maximum atomic E-state index is 14.4. The second-order valence-electron chi connectivity index (χ2n) is 11.8. The van der Waals surface area contributed by atoms with E-state index in [1.54, 1.807) is 0 Å². The number of aliphatic hydroxyl groups excluding tert-OH is 2. The van der Waals surface area contributed by atoms with Gasteiger partial charge in [0, 0.05) is 29.6 Å². The molecule has 6 aliphatic rings. The van der Waals surface area contributed by atoms with Crippen LogP contribution in [0.15, 0.2) is 12.2 Å². The van der Waals surface area contributed by atoms with Crippen molar-refractivity contribution < 1.29 is 24.4 Å². The number of carbonyl (C=O) groups excluding carboxylic acids is 1. The fourth-order valence-corrected chi connectivity index (χ4v) is 10.6. The summed E-state index contributed by atoms with van der Waals surface area (Å²) in [7, 11) is 0. The molecule has 12 atom stereocenters. The highest BCUT2D eigenvalue weighted by Crippen LogP contribution is 2.84. The lowest BCUT2D eigenvalue weighted by molar-refractivity contribution is -0.927. The number of quaternary nitrogens is 1. The highest BCUT2D eigenvalue weighted by atomic mass is 16.6. The molecule has 0 aromatic carbocycles. The van der Waals surface area contributed by atoms with Gasteiger partial charge in [0.1, 0.15) is 12.1 Å². The second kappa shape index (κ2) is 5.51. The number of aliphatic hydroxyl groups is 2. The summed E-state index contributed by atoms with van der Waals surface area (Å²) in [5.41, 5.74) is -0.0892. The number of nitrogens with zero attached hydrogens (tertiary/aromatic N) is 1. The van der Waals surface area contributed by atoms with Crippen LogP contribution in [-0.4, -0.2) is 58.3 Å². The van der Waals surface area contributed by atoms with Gasteiger partial charge in [-0.2, -0.15) is 0 Å². The quantitative estimate of drug-likeness (QED) is 0.312. The Morgan fingerprint density at radius 2 is 2.07 bits per heavy atom. The van der Waals surface area contributed by atoms with Gasteiger partial charge in [-0.3, -0.25) is 4.79 Å². The van der Waals surface area contributed by atoms with Gasteiger partial charge in [-0.05, 0) is 56.4 Å². The van der Waals surface area contributed by atoms with Crippen molar-refractivity contribution >= 4 is 5.97 Å². The molecule has 6 fully saturated rings. The van der Waals surface area contributed by atoms with Crippen LogP contribution in [0, 0.1) is 45.1 Å². The molecular formula is C24H35NO5. The maximum absolute atomic E-state index is 14.4. The highest BCUT2D eigenvalue weighted by Gasteiger charge is 2.88. The van der Waals surface area contributed by atoms with Gasteiger partial charge in [0.05, 0.1) is 30.7 Å². The molecule has 5 aliphatic carbocycles. The van der Waals surface area contributed by atoms with E-state index in [0.717, 1.165) is 31.3 Å². The number of fused-ring (bicyclic) bond motifs is 1. The van der Waals surface area contributed by atoms with Crippen molar-refractivity contribution in [2.75, 3.05) is 13.1 Å². The van der Waals surface area contributed by atoms with E-state index < -0.39 is 23.7 Å². The lowest BCUT2D eigenvalue weighted by Gasteiger charge is -2.68. The number of carbonyl (C=O) groups is 1. The molecule has 2 spiro atoms. The summed E-state index contributed by atoms with van der Waals surface area (Å²) in [5.74, 6) is 0.0110. The third kappa shape index (κ3) is 1.80. The van der Waals surface area contributed by atoms with Crippen LogP contribution < -0.4 is 0 Å². The number of hydroxylamine groups is 3. The Kier molecular flexibility index (Phi) is 3.62. The average Bonchev–Trinajstić information content (AvgIpc) is 3.23. The van der Waals surface area contributed by atoms with Crippen LogP contribution >= 0.6 is 0 Å². The molecular weight excluding hydrogens is 382 g/mol. The summed E-state index contributed by atoms with van der Waals surface area (Å²) >= 11 is 0. The van der Waals surface area contributed by atoms with Gasteiger partial charge >= 0.3 is 5.97 Å². The number of hydrogen-bond donors (Lipinski definition) is 2. The van der Waals surface area contributed by atoms with Crippen molar-refractivity contribution in [2.45, 2.75) is 77.2 Å². The highest BCUT2D eigenvalue weighted by molar-refractivity contribution is 5.67. The van der Waals surface area contributed by atoms with Crippen LogP contribution in [0.5, 0.6) is 0 Å². The molecule has 1 aliphatic heterocycles. The number of esters is 1. The predicted molar refractivity (Wildman–Crippen MR) is 110 cm³/mol. The Morgan fingerprint density at radius 1 is 1.33 bits per heavy atom. The van der Waals surface area contributed by atoms with E-state index in [0.29, 0.717) is 25.4 Å². The molecule has 5 saturated carbocycles. The molecule has 2 N–H and O–H groups in total. The van der Waals surface area contributed by atoms with E-state index >= 15 is 0 Å². The van der Waals surface area contributed by atoms with E-state index in [1.807, 2.05) is 6.92 Å². The zero-order valence-electron chi connectivity index (χ0n) is 18.3.